The Morgan fingerprint density at radius 1 is 1.26 bits per heavy atom. The molecule has 0 radical (unpaired) electrons. The zero-order valence-electron chi connectivity index (χ0n) is 11.1. The van der Waals surface area contributed by atoms with Crippen molar-refractivity contribution in [2.45, 2.75) is 26.9 Å². The largest absolute Gasteiger partial charge is 0.458 e. The van der Waals surface area contributed by atoms with Gasteiger partial charge in [0.2, 0.25) is 5.91 Å². The molecule has 0 atom stereocenters. The van der Waals surface area contributed by atoms with E-state index < -0.39 is 5.97 Å². The molecule has 1 aromatic carbocycles. The molecule has 0 aliphatic rings. The highest BCUT2D eigenvalue weighted by atomic mass is 19.1. The highest BCUT2D eigenvalue weighted by Crippen LogP contribution is 2.09. The molecule has 1 aromatic rings. The number of carbonyl (C=O) groups is 2. The van der Waals surface area contributed by atoms with E-state index >= 15 is 0 Å². The minimum atomic E-state index is -0.630. The summed E-state index contributed by atoms with van der Waals surface area (Å²) in [6.45, 7) is 4.71. The van der Waals surface area contributed by atoms with E-state index in [0.717, 1.165) is 0 Å². The Kier molecular flexibility index (Phi) is 5.23. The van der Waals surface area contributed by atoms with Gasteiger partial charge in [0, 0.05) is 6.92 Å². The third-order valence-electron chi connectivity index (χ3n) is 2.05. The van der Waals surface area contributed by atoms with E-state index in [1.165, 1.54) is 37.3 Å². The van der Waals surface area contributed by atoms with E-state index in [9.17, 15) is 14.0 Å². The predicted octanol–water partition coefficient (Wildman–Crippen LogP) is 2.25. The van der Waals surface area contributed by atoms with Crippen LogP contribution >= 0.6 is 0 Å². The predicted molar refractivity (Wildman–Crippen MR) is 69.4 cm³/mol. The fraction of sp³-hybridized carbons (Fsp3) is 0.286. The Morgan fingerprint density at radius 3 is 2.32 bits per heavy atom. The smallest absolute Gasteiger partial charge is 0.355 e. The topological polar surface area (TPSA) is 55.4 Å². The maximum atomic E-state index is 12.8. The molecule has 0 aliphatic carbocycles. The maximum Gasteiger partial charge on any atom is 0.355 e. The standard InChI is InChI=1S/C14H16FNO3/c1-9(2)19-14(18)13(16-10(3)17)8-11-4-6-12(15)7-5-11/h4-9H,1-3H3,(H,16,17)/b13-8-. The first kappa shape index (κ1) is 14.9. The quantitative estimate of drug-likeness (QED) is 0.671. The van der Waals surface area contributed by atoms with Crippen LogP contribution in [0.4, 0.5) is 4.39 Å². The summed E-state index contributed by atoms with van der Waals surface area (Å²) in [6.07, 6.45) is 1.14. The Balaban J connectivity index is 2.98. The van der Waals surface area contributed by atoms with Crippen LogP contribution in [0.25, 0.3) is 6.08 Å². The van der Waals surface area contributed by atoms with E-state index in [0.29, 0.717) is 5.56 Å². The van der Waals surface area contributed by atoms with Gasteiger partial charge < -0.3 is 10.1 Å². The average molecular weight is 265 g/mol. The number of ether oxygens (including phenoxy) is 1. The third-order valence-corrected chi connectivity index (χ3v) is 2.05. The van der Waals surface area contributed by atoms with Crippen LogP contribution in [0.1, 0.15) is 26.3 Å². The number of benzene rings is 1. The molecule has 0 spiro atoms. The first-order valence-electron chi connectivity index (χ1n) is 5.84. The zero-order chi connectivity index (χ0) is 14.4. The summed E-state index contributed by atoms with van der Waals surface area (Å²) in [4.78, 5) is 22.9. The molecule has 102 valence electrons. The lowest BCUT2D eigenvalue weighted by Crippen LogP contribution is -2.27. The molecule has 1 rings (SSSR count). The van der Waals surface area contributed by atoms with E-state index in [2.05, 4.69) is 5.32 Å². The van der Waals surface area contributed by atoms with Crippen LogP contribution in [0.15, 0.2) is 30.0 Å². The monoisotopic (exact) mass is 265 g/mol. The molecule has 19 heavy (non-hydrogen) atoms. The number of hydrogen-bond donors (Lipinski definition) is 1. The summed E-state index contributed by atoms with van der Waals surface area (Å²) in [7, 11) is 0. The molecule has 5 heteroatoms. The van der Waals surface area contributed by atoms with Crippen LogP contribution in [0.5, 0.6) is 0 Å². The van der Waals surface area contributed by atoms with Crippen molar-refractivity contribution in [3.63, 3.8) is 0 Å². The van der Waals surface area contributed by atoms with E-state index in [-0.39, 0.29) is 23.5 Å². The highest BCUT2D eigenvalue weighted by molar-refractivity contribution is 5.97. The summed E-state index contributed by atoms with van der Waals surface area (Å²) in [5.41, 5.74) is 0.610. The van der Waals surface area contributed by atoms with Crippen LogP contribution in [-0.4, -0.2) is 18.0 Å². The van der Waals surface area contributed by atoms with Crippen molar-refractivity contribution in [2.24, 2.45) is 0 Å². The van der Waals surface area contributed by atoms with Gasteiger partial charge in [0.05, 0.1) is 6.10 Å². The molecular weight excluding hydrogens is 249 g/mol. The van der Waals surface area contributed by atoms with Gasteiger partial charge in [-0.2, -0.15) is 0 Å². The Hall–Kier alpha value is -2.17. The molecular formula is C14H16FNO3. The molecule has 0 fully saturated rings. The fourth-order valence-electron chi connectivity index (χ4n) is 1.34. The third kappa shape index (κ3) is 5.33. The second kappa shape index (κ2) is 6.68. The molecule has 0 bridgehead atoms. The van der Waals surface area contributed by atoms with E-state index in [1.807, 2.05) is 0 Å². The number of hydrogen-bond acceptors (Lipinski definition) is 3. The lowest BCUT2D eigenvalue weighted by molar-refractivity contribution is -0.143. The number of carbonyl (C=O) groups excluding carboxylic acids is 2. The highest BCUT2D eigenvalue weighted by Gasteiger charge is 2.14. The van der Waals surface area contributed by atoms with Crippen LogP contribution in [0.3, 0.4) is 0 Å². The second-order valence-electron chi connectivity index (χ2n) is 4.24. The lowest BCUT2D eigenvalue weighted by Gasteiger charge is -2.11. The molecule has 1 amide bonds. The summed E-state index contributed by atoms with van der Waals surface area (Å²) in [5.74, 6) is -1.38. The summed E-state index contributed by atoms with van der Waals surface area (Å²) in [6, 6.07) is 5.54. The summed E-state index contributed by atoms with van der Waals surface area (Å²) in [5, 5.41) is 2.40. The lowest BCUT2D eigenvalue weighted by atomic mass is 10.2. The molecule has 0 aliphatic heterocycles. The molecule has 0 aromatic heterocycles. The second-order valence-corrected chi connectivity index (χ2v) is 4.24. The van der Waals surface area contributed by atoms with Gasteiger partial charge in [-0.1, -0.05) is 12.1 Å². The van der Waals surface area contributed by atoms with Gasteiger partial charge in [0.15, 0.2) is 0 Å². The van der Waals surface area contributed by atoms with Gasteiger partial charge in [-0.15, -0.1) is 0 Å². The first-order chi connectivity index (χ1) is 8.88. The number of halogens is 1. The van der Waals surface area contributed by atoms with Crippen molar-refractivity contribution < 1.29 is 18.7 Å². The van der Waals surface area contributed by atoms with Crippen molar-refractivity contribution in [1.82, 2.24) is 5.32 Å². The van der Waals surface area contributed by atoms with Crippen molar-refractivity contribution in [3.8, 4) is 0 Å². The van der Waals surface area contributed by atoms with Crippen LogP contribution in [0, 0.1) is 5.82 Å². The Labute approximate surface area is 111 Å². The van der Waals surface area contributed by atoms with Crippen LogP contribution in [0.2, 0.25) is 0 Å². The first-order valence-corrected chi connectivity index (χ1v) is 5.84. The number of esters is 1. The minimum Gasteiger partial charge on any atom is -0.458 e. The minimum absolute atomic E-state index is 0.0211. The molecule has 0 saturated heterocycles. The van der Waals surface area contributed by atoms with Crippen molar-refractivity contribution in [2.75, 3.05) is 0 Å². The molecule has 0 heterocycles. The molecule has 0 saturated carbocycles. The number of rotatable bonds is 4. The van der Waals surface area contributed by atoms with Gasteiger partial charge in [-0.25, -0.2) is 9.18 Å². The van der Waals surface area contributed by atoms with Crippen molar-refractivity contribution in [1.29, 1.82) is 0 Å². The number of amides is 1. The van der Waals surface area contributed by atoms with E-state index in [4.69, 9.17) is 4.74 Å². The van der Waals surface area contributed by atoms with Gasteiger partial charge in [0.25, 0.3) is 0 Å². The number of nitrogens with one attached hydrogen (secondary N) is 1. The fourth-order valence-corrected chi connectivity index (χ4v) is 1.34. The van der Waals surface area contributed by atoms with Gasteiger partial charge in [-0.05, 0) is 37.6 Å². The van der Waals surface area contributed by atoms with Gasteiger partial charge in [-0.3, -0.25) is 4.79 Å². The molecule has 0 unspecified atom stereocenters. The summed E-state index contributed by atoms with van der Waals surface area (Å²) < 4.78 is 17.8. The SMILES string of the molecule is CC(=O)N/C(=C\c1ccc(F)cc1)C(=O)OC(C)C. The van der Waals surface area contributed by atoms with E-state index in [1.54, 1.807) is 13.8 Å². The van der Waals surface area contributed by atoms with Gasteiger partial charge >= 0.3 is 5.97 Å². The van der Waals surface area contributed by atoms with Crippen LogP contribution < -0.4 is 5.32 Å². The Bertz CT molecular complexity index is 492. The van der Waals surface area contributed by atoms with Crippen molar-refractivity contribution in [3.05, 3.63) is 41.3 Å². The maximum absolute atomic E-state index is 12.8. The Morgan fingerprint density at radius 2 is 1.84 bits per heavy atom. The zero-order valence-corrected chi connectivity index (χ0v) is 11.1. The van der Waals surface area contributed by atoms with Crippen LogP contribution in [-0.2, 0) is 14.3 Å². The normalized spacial score (nSPS) is 11.3. The van der Waals surface area contributed by atoms with Crippen molar-refractivity contribution >= 4 is 18.0 Å². The molecule has 4 nitrogen and oxygen atoms in total. The summed E-state index contributed by atoms with van der Waals surface area (Å²) >= 11 is 0. The molecule has 1 N–H and O–H groups in total. The average Bonchev–Trinajstić information content (AvgIpc) is 2.29. The van der Waals surface area contributed by atoms with Gasteiger partial charge in [0.1, 0.15) is 11.5 Å².